The molecule has 0 fully saturated rings. The summed E-state index contributed by atoms with van der Waals surface area (Å²) < 4.78 is 4.85. The molecule has 7 nitrogen and oxygen atoms in total. The summed E-state index contributed by atoms with van der Waals surface area (Å²) in [6.45, 7) is 4.23. The number of carbonyl (C=O) groups excluding carboxylic acids is 1. The van der Waals surface area contributed by atoms with Crippen LogP contribution in [0.15, 0.2) is 18.2 Å². The van der Waals surface area contributed by atoms with E-state index in [0.717, 1.165) is 6.07 Å². The van der Waals surface area contributed by atoms with Crippen molar-refractivity contribution in [3.63, 3.8) is 0 Å². The molecule has 7 heteroatoms. The summed E-state index contributed by atoms with van der Waals surface area (Å²) in [5, 5.41) is 10.8. The highest BCUT2D eigenvalue weighted by molar-refractivity contribution is 5.94. The zero-order chi connectivity index (χ0) is 14.4. The van der Waals surface area contributed by atoms with Crippen molar-refractivity contribution in [3.8, 4) is 5.75 Å². The van der Waals surface area contributed by atoms with Gasteiger partial charge in [0.2, 0.25) is 0 Å². The predicted octanol–water partition coefficient (Wildman–Crippen LogP) is 1.92. The van der Waals surface area contributed by atoms with Crippen LogP contribution in [-0.2, 0) is 4.84 Å². The molecule has 1 aromatic carbocycles. The first kappa shape index (κ1) is 14.9. The topological polar surface area (TPSA) is 90.7 Å². The van der Waals surface area contributed by atoms with E-state index in [4.69, 9.17) is 9.57 Å². The second-order valence-electron chi connectivity index (χ2n) is 4.28. The maximum Gasteiger partial charge on any atom is 0.311 e. The average molecular weight is 268 g/mol. The number of rotatable bonds is 6. The number of methoxy groups -OCH3 is 1. The highest BCUT2D eigenvalue weighted by atomic mass is 16.7. The van der Waals surface area contributed by atoms with Gasteiger partial charge in [-0.3, -0.25) is 19.7 Å². The number of amides is 1. The predicted molar refractivity (Wildman–Crippen MR) is 67.9 cm³/mol. The zero-order valence-corrected chi connectivity index (χ0v) is 11.0. The first-order chi connectivity index (χ1) is 8.95. The Labute approximate surface area is 110 Å². The van der Waals surface area contributed by atoms with E-state index in [2.05, 4.69) is 5.48 Å². The van der Waals surface area contributed by atoms with Gasteiger partial charge in [-0.05, 0) is 18.1 Å². The summed E-state index contributed by atoms with van der Waals surface area (Å²) in [7, 11) is 1.33. The third-order valence-corrected chi connectivity index (χ3v) is 2.22. The Morgan fingerprint density at radius 3 is 2.68 bits per heavy atom. The molecule has 1 amide bonds. The van der Waals surface area contributed by atoms with Crippen LogP contribution in [0.25, 0.3) is 0 Å². The highest BCUT2D eigenvalue weighted by Crippen LogP contribution is 2.27. The van der Waals surface area contributed by atoms with Crippen molar-refractivity contribution in [2.45, 2.75) is 13.8 Å². The van der Waals surface area contributed by atoms with E-state index in [0.29, 0.717) is 6.61 Å². The molecule has 0 spiro atoms. The number of benzene rings is 1. The molecule has 0 radical (unpaired) electrons. The minimum atomic E-state index is -0.607. The molecule has 1 rings (SSSR count). The zero-order valence-electron chi connectivity index (χ0n) is 11.0. The maximum atomic E-state index is 11.7. The van der Waals surface area contributed by atoms with Crippen molar-refractivity contribution in [2.24, 2.45) is 5.92 Å². The van der Waals surface area contributed by atoms with Crippen molar-refractivity contribution in [2.75, 3.05) is 13.7 Å². The lowest BCUT2D eigenvalue weighted by Gasteiger charge is -2.08. The molecule has 0 atom stereocenters. The number of nitro groups is 1. The lowest BCUT2D eigenvalue weighted by Crippen LogP contribution is -2.25. The van der Waals surface area contributed by atoms with Crippen molar-refractivity contribution >= 4 is 11.6 Å². The molecule has 0 heterocycles. The van der Waals surface area contributed by atoms with Gasteiger partial charge in [0.25, 0.3) is 5.91 Å². The molecule has 0 aliphatic carbocycles. The Morgan fingerprint density at radius 2 is 2.16 bits per heavy atom. The van der Waals surface area contributed by atoms with E-state index >= 15 is 0 Å². The summed E-state index contributed by atoms with van der Waals surface area (Å²) in [6, 6.07) is 3.95. The number of nitrogens with one attached hydrogen (secondary N) is 1. The van der Waals surface area contributed by atoms with Crippen LogP contribution < -0.4 is 10.2 Å². The van der Waals surface area contributed by atoms with E-state index in [9.17, 15) is 14.9 Å². The van der Waals surface area contributed by atoms with Crippen molar-refractivity contribution in [1.29, 1.82) is 0 Å². The number of nitro benzene ring substituents is 1. The Balaban J connectivity index is 2.81. The fourth-order valence-corrected chi connectivity index (χ4v) is 1.31. The molecule has 0 saturated carbocycles. The summed E-state index contributed by atoms with van der Waals surface area (Å²) in [6.07, 6.45) is 0. The third kappa shape index (κ3) is 4.22. The summed E-state index contributed by atoms with van der Waals surface area (Å²) in [5.41, 5.74) is 2.10. The number of hydrogen-bond donors (Lipinski definition) is 1. The van der Waals surface area contributed by atoms with Crippen molar-refractivity contribution < 1.29 is 19.3 Å². The molecular formula is C12H16N2O5. The Bertz CT molecular complexity index is 473. The molecule has 104 valence electrons. The summed E-state index contributed by atoms with van der Waals surface area (Å²) in [4.78, 5) is 26.9. The summed E-state index contributed by atoms with van der Waals surface area (Å²) in [5.74, 6) is -0.165. The minimum absolute atomic E-state index is 0.102. The van der Waals surface area contributed by atoms with E-state index in [1.54, 1.807) is 0 Å². The largest absolute Gasteiger partial charge is 0.490 e. The molecule has 1 aromatic rings. The third-order valence-electron chi connectivity index (χ3n) is 2.22. The van der Waals surface area contributed by atoms with Gasteiger partial charge >= 0.3 is 5.69 Å². The molecule has 0 aromatic heterocycles. The van der Waals surface area contributed by atoms with E-state index in [1.165, 1.54) is 19.2 Å². The van der Waals surface area contributed by atoms with Gasteiger partial charge in [-0.2, -0.15) is 0 Å². The van der Waals surface area contributed by atoms with Gasteiger partial charge in [-0.15, -0.1) is 0 Å². The van der Waals surface area contributed by atoms with Crippen LogP contribution in [0.5, 0.6) is 5.75 Å². The van der Waals surface area contributed by atoms with Crippen LogP contribution in [0.3, 0.4) is 0 Å². The average Bonchev–Trinajstić information content (AvgIpc) is 2.37. The van der Waals surface area contributed by atoms with Crippen molar-refractivity contribution in [1.82, 2.24) is 5.48 Å². The van der Waals surface area contributed by atoms with E-state index < -0.39 is 10.8 Å². The number of ether oxygens (including phenoxy) is 1. The van der Waals surface area contributed by atoms with E-state index in [-0.39, 0.29) is 22.9 Å². The van der Waals surface area contributed by atoms with Gasteiger partial charge in [0.05, 0.1) is 18.6 Å². The van der Waals surface area contributed by atoms with Gasteiger partial charge in [0.1, 0.15) is 0 Å². The molecule has 0 aliphatic heterocycles. The maximum absolute atomic E-state index is 11.7. The van der Waals surface area contributed by atoms with Crippen LogP contribution in [0, 0.1) is 16.0 Å². The normalized spacial score (nSPS) is 10.3. The van der Waals surface area contributed by atoms with Crippen LogP contribution in [0.1, 0.15) is 24.2 Å². The second kappa shape index (κ2) is 6.69. The van der Waals surface area contributed by atoms with Crippen LogP contribution >= 0.6 is 0 Å². The Morgan fingerprint density at radius 1 is 1.47 bits per heavy atom. The van der Waals surface area contributed by atoms with Gasteiger partial charge < -0.3 is 4.74 Å². The molecule has 0 aliphatic rings. The van der Waals surface area contributed by atoms with Gasteiger partial charge in [0, 0.05) is 11.6 Å². The Hall–Kier alpha value is -2.15. The fraction of sp³-hybridized carbons (Fsp3) is 0.417. The number of hydrogen-bond acceptors (Lipinski definition) is 5. The minimum Gasteiger partial charge on any atom is -0.490 e. The van der Waals surface area contributed by atoms with E-state index in [1.807, 2.05) is 13.8 Å². The lowest BCUT2D eigenvalue weighted by molar-refractivity contribution is -0.385. The van der Waals surface area contributed by atoms with Crippen molar-refractivity contribution in [3.05, 3.63) is 33.9 Å². The lowest BCUT2D eigenvalue weighted by atomic mass is 10.2. The Kier molecular flexibility index (Phi) is 5.25. The molecule has 19 heavy (non-hydrogen) atoms. The van der Waals surface area contributed by atoms with Crippen LogP contribution in [0.2, 0.25) is 0 Å². The van der Waals surface area contributed by atoms with Crippen LogP contribution in [0.4, 0.5) is 5.69 Å². The first-order valence-electron chi connectivity index (χ1n) is 5.70. The van der Waals surface area contributed by atoms with Crippen LogP contribution in [-0.4, -0.2) is 24.5 Å². The van der Waals surface area contributed by atoms with Gasteiger partial charge in [-0.1, -0.05) is 13.8 Å². The highest BCUT2D eigenvalue weighted by Gasteiger charge is 2.18. The number of carbonyl (C=O) groups is 1. The van der Waals surface area contributed by atoms with Gasteiger partial charge in [0.15, 0.2) is 5.75 Å². The standard InChI is InChI=1S/C12H16N2O5/c1-8(2)7-19-13-12(15)9-4-5-11(18-3)10(6-9)14(16)17/h4-6,8H,7H2,1-3H3,(H,13,15). The van der Waals surface area contributed by atoms with Gasteiger partial charge in [-0.25, -0.2) is 5.48 Å². The number of nitrogens with zero attached hydrogens (tertiary/aromatic N) is 1. The SMILES string of the molecule is COc1ccc(C(=O)NOCC(C)C)cc1[N+](=O)[O-]. The summed E-state index contributed by atoms with van der Waals surface area (Å²) >= 11 is 0. The smallest absolute Gasteiger partial charge is 0.311 e. The quantitative estimate of drug-likeness (QED) is 0.628. The first-order valence-corrected chi connectivity index (χ1v) is 5.70. The monoisotopic (exact) mass is 268 g/mol. The molecule has 1 N–H and O–H groups in total. The second-order valence-corrected chi connectivity index (χ2v) is 4.28. The molecule has 0 bridgehead atoms. The fourth-order valence-electron chi connectivity index (χ4n) is 1.31. The molecule has 0 unspecified atom stereocenters. The molecule has 0 saturated heterocycles. The molecular weight excluding hydrogens is 252 g/mol. The number of hydroxylamine groups is 1.